The van der Waals surface area contributed by atoms with Gasteiger partial charge in [0.05, 0.1) is 11.4 Å². The summed E-state index contributed by atoms with van der Waals surface area (Å²) in [7, 11) is 0. The van der Waals surface area contributed by atoms with Gasteiger partial charge in [-0.05, 0) is 19.1 Å². The Morgan fingerprint density at radius 3 is 2.42 bits per heavy atom. The summed E-state index contributed by atoms with van der Waals surface area (Å²) in [5.74, 6) is -0.357. The minimum atomic E-state index is -0.357. The van der Waals surface area contributed by atoms with Crippen molar-refractivity contribution in [1.29, 1.82) is 0 Å². The Hall–Kier alpha value is -3.14. The predicted octanol–water partition coefficient (Wildman–Crippen LogP) is 4.16. The van der Waals surface area contributed by atoms with Gasteiger partial charge in [-0.2, -0.15) is 5.10 Å². The smallest absolute Gasteiger partial charge is 0.330 e. The maximum absolute atomic E-state index is 11.6. The molecule has 2 aromatic carbocycles. The van der Waals surface area contributed by atoms with E-state index in [1.807, 2.05) is 66.9 Å². The Morgan fingerprint density at radius 1 is 1.08 bits per heavy atom. The van der Waals surface area contributed by atoms with E-state index in [9.17, 15) is 4.79 Å². The Morgan fingerprint density at radius 2 is 1.75 bits per heavy atom. The summed E-state index contributed by atoms with van der Waals surface area (Å²) in [4.78, 5) is 11.6. The highest BCUT2D eigenvalue weighted by molar-refractivity contribution is 5.81. The van der Waals surface area contributed by atoms with Gasteiger partial charge in [0.15, 0.2) is 0 Å². The summed E-state index contributed by atoms with van der Waals surface area (Å²) in [5, 5.41) is 4.68. The molecule has 0 spiro atoms. The van der Waals surface area contributed by atoms with Crippen LogP contribution in [0, 0.1) is 0 Å². The van der Waals surface area contributed by atoms with Crippen LogP contribution >= 0.6 is 0 Å². The van der Waals surface area contributed by atoms with Crippen molar-refractivity contribution in [3.05, 3.63) is 84.6 Å². The minimum absolute atomic E-state index is 0.181. The molecule has 0 N–H and O–H groups in total. The zero-order valence-corrected chi connectivity index (χ0v) is 13.4. The molecular weight excluding hydrogens is 300 g/mol. The lowest BCUT2D eigenvalue weighted by atomic mass is 10.1. The second-order valence-corrected chi connectivity index (χ2v) is 5.26. The van der Waals surface area contributed by atoms with Crippen molar-refractivity contribution in [3.8, 4) is 16.9 Å². The van der Waals surface area contributed by atoms with E-state index in [1.165, 1.54) is 6.08 Å². The van der Waals surface area contributed by atoms with Gasteiger partial charge in [0.25, 0.3) is 0 Å². The molecule has 0 aliphatic heterocycles. The van der Waals surface area contributed by atoms with E-state index < -0.39 is 0 Å². The van der Waals surface area contributed by atoms with Crippen LogP contribution < -0.4 is 0 Å². The lowest BCUT2D eigenvalue weighted by molar-refractivity contribution is -0.138. The van der Waals surface area contributed by atoms with E-state index in [0.29, 0.717) is 0 Å². The highest BCUT2D eigenvalue weighted by Gasteiger charge is 2.13. The molecule has 4 heteroatoms. The van der Waals surface area contributed by atoms with Crippen molar-refractivity contribution in [3.63, 3.8) is 0 Å². The largest absolute Gasteiger partial charge is 0.458 e. The van der Waals surface area contributed by atoms with Crippen LogP contribution in [0.25, 0.3) is 16.9 Å². The molecule has 0 radical (unpaired) electrons. The van der Waals surface area contributed by atoms with Gasteiger partial charge in [0, 0.05) is 23.4 Å². The summed E-state index contributed by atoms with van der Waals surface area (Å²) >= 11 is 0. The molecule has 0 atom stereocenters. The van der Waals surface area contributed by atoms with Crippen molar-refractivity contribution < 1.29 is 9.53 Å². The zero-order chi connectivity index (χ0) is 16.8. The zero-order valence-electron chi connectivity index (χ0n) is 13.4. The van der Waals surface area contributed by atoms with Gasteiger partial charge in [-0.15, -0.1) is 0 Å². The van der Waals surface area contributed by atoms with E-state index >= 15 is 0 Å². The van der Waals surface area contributed by atoms with Crippen LogP contribution in [0.5, 0.6) is 0 Å². The number of hydrogen-bond acceptors (Lipinski definition) is 3. The number of nitrogens with zero attached hydrogens (tertiary/aromatic N) is 2. The SMILES string of the molecule is C/C=C/C(=O)OCc1cn(-c2ccccc2)nc1-c1ccccc1. The van der Waals surface area contributed by atoms with E-state index in [2.05, 4.69) is 5.10 Å². The molecule has 0 saturated heterocycles. The molecule has 0 unspecified atom stereocenters. The fraction of sp³-hybridized carbons (Fsp3) is 0.100. The number of benzene rings is 2. The normalized spacial score (nSPS) is 10.9. The maximum atomic E-state index is 11.6. The summed E-state index contributed by atoms with van der Waals surface area (Å²) in [6.07, 6.45) is 4.97. The standard InChI is InChI=1S/C20H18N2O2/c1-2-9-19(23)24-15-17-14-22(18-12-7-4-8-13-18)21-20(17)16-10-5-3-6-11-16/h2-14H,15H2,1H3/b9-2+. The lowest BCUT2D eigenvalue weighted by Crippen LogP contribution is -2.01. The first-order valence-corrected chi connectivity index (χ1v) is 7.77. The third-order valence-corrected chi connectivity index (χ3v) is 3.53. The monoisotopic (exact) mass is 318 g/mol. The number of ether oxygens (including phenoxy) is 1. The highest BCUT2D eigenvalue weighted by Crippen LogP contribution is 2.24. The summed E-state index contributed by atoms with van der Waals surface area (Å²) in [5.41, 5.74) is 3.63. The van der Waals surface area contributed by atoms with Crippen molar-refractivity contribution in [2.75, 3.05) is 0 Å². The fourth-order valence-electron chi connectivity index (χ4n) is 2.40. The number of allylic oxidation sites excluding steroid dienone is 1. The molecule has 1 heterocycles. The molecule has 0 aliphatic carbocycles. The fourth-order valence-corrected chi connectivity index (χ4v) is 2.40. The molecule has 0 amide bonds. The maximum Gasteiger partial charge on any atom is 0.330 e. The number of hydrogen-bond donors (Lipinski definition) is 0. The molecule has 3 rings (SSSR count). The van der Waals surface area contributed by atoms with Gasteiger partial charge in [0.2, 0.25) is 0 Å². The van der Waals surface area contributed by atoms with Crippen LogP contribution in [-0.4, -0.2) is 15.7 Å². The molecule has 0 aliphatic rings. The van der Waals surface area contributed by atoms with Gasteiger partial charge in [0.1, 0.15) is 6.61 Å². The Bertz CT molecular complexity index is 837. The Labute approximate surface area is 141 Å². The van der Waals surface area contributed by atoms with E-state index in [0.717, 1.165) is 22.5 Å². The number of carbonyl (C=O) groups excluding carboxylic acids is 1. The van der Waals surface area contributed by atoms with E-state index in [1.54, 1.807) is 17.7 Å². The quantitative estimate of drug-likeness (QED) is 0.524. The van der Waals surface area contributed by atoms with Gasteiger partial charge in [-0.1, -0.05) is 54.6 Å². The number of esters is 1. The molecule has 0 fully saturated rings. The first kappa shape index (κ1) is 15.7. The number of aromatic nitrogens is 2. The summed E-state index contributed by atoms with van der Waals surface area (Å²) < 4.78 is 7.11. The predicted molar refractivity (Wildman–Crippen MR) is 93.6 cm³/mol. The second-order valence-electron chi connectivity index (χ2n) is 5.26. The topological polar surface area (TPSA) is 44.1 Å². The van der Waals surface area contributed by atoms with Crippen molar-refractivity contribution >= 4 is 5.97 Å². The average Bonchev–Trinajstić information content (AvgIpc) is 3.06. The van der Waals surface area contributed by atoms with Crippen LogP contribution in [0.2, 0.25) is 0 Å². The summed E-state index contributed by atoms with van der Waals surface area (Å²) in [6.45, 7) is 1.96. The molecule has 120 valence electrons. The number of rotatable bonds is 5. The molecular formula is C20H18N2O2. The van der Waals surface area contributed by atoms with Gasteiger partial charge in [-0.25, -0.2) is 9.48 Å². The van der Waals surface area contributed by atoms with Crippen LogP contribution in [0.4, 0.5) is 0 Å². The third-order valence-electron chi connectivity index (χ3n) is 3.53. The van der Waals surface area contributed by atoms with E-state index in [-0.39, 0.29) is 12.6 Å². The van der Waals surface area contributed by atoms with Crippen LogP contribution in [0.3, 0.4) is 0 Å². The molecule has 0 saturated carbocycles. The van der Waals surface area contributed by atoms with E-state index in [4.69, 9.17) is 4.74 Å². The van der Waals surface area contributed by atoms with Gasteiger partial charge >= 0.3 is 5.97 Å². The van der Waals surface area contributed by atoms with Crippen molar-refractivity contribution in [2.24, 2.45) is 0 Å². The first-order chi connectivity index (χ1) is 11.8. The number of carbonyl (C=O) groups is 1. The van der Waals surface area contributed by atoms with Crippen LogP contribution in [-0.2, 0) is 16.1 Å². The molecule has 1 aromatic heterocycles. The third kappa shape index (κ3) is 3.60. The second kappa shape index (κ2) is 7.42. The molecule has 3 aromatic rings. The van der Waals surface area contributed by atoms with Crippen molar-refractivity contribution in [2.45, 2.75) is 13.5 Å². The molecule has 24 heavy (non-hydrogen) atoms. The highest BCUT2D eigenvalue weighted by atomic mass is 16.5. The van der Waals surface area contributed by atoms with Gasteiger partial charge in [-0.3, -0.25) is 0 Å². The van der Waals surface area contributed by atoms with Crippen LogP contribution in [0.1, 0.15) is 12.5 Å². The minimum Gasteiger partial charge on any atom is -0.458 e. The van der Waals surface area contributed by atoms with Crippen LogP contribution in [0.15, 0.2) is 79.0 Å². The summed E-state index contributed by atoms with van der Waals surface area (Å²) in [6, 6.07) is 19.7. The Kier molecular flexibility index (Phi) is 4.87. The average molecular weight is 318 g/mol. The molecule has 4 nitrogen and oxygen atoms in total. The Balaban J connectivity index is 1.96. The molecule has 0 bridgehead atoms. The first-order valence-electron chi connectivity index (χ1n) is 7.77. The number of para-hydroxylation sites is 1. The lowest BCUT2D eigenvalue weighted by Gasteiger charge is -2.03. The van der Waals surface area contributed by atoms with Gasteiger partial charge < -0.3 is 4.74 Å². The van der Waals surface area contributed by atoms with Crippen molar-refractivity contribution in [1.82, 2.24) is 9.78 Å².